The fraction of sp³-hybridized carbons (Fsp3) is 0.929. The van der Waals surface area contributed by atoms with Gasteiger partial charge in [-0.1, -0.05) is 35.9 Å². The van der Waals surface area contributed by atoms with Crippen molar-refractivity contribution in [1.29, 1.82) is 0 Å². The minimum Gasteiger partial charge on any atom is -0.444 e. The van der Waals surface area contributed by atoms with E-state index in [1.807, 2.05) is 20.8 Å². The second kappa shape index (κ2) is 43.3. The predicted molar refractivity (Wildman–Crippen MR) is 185 cm³/mol. The van der Waals surface area contributed by atoms with Gasteiger partial charge < -0.3 is 54.4 Å². The first-order valence-corrected chi connectivity index (χ1v) is 15.6. The van der Waals surface area contributed by atoms with Gasteiger partial charge in [-0.05, 0) is 47.1 Å². The van der Waals surface area contributed by atoms with Crippen LogP contribution in [0.3, 0.4) is 0 Å². The molecule has 46 heavy (non-hydrogen) atoms. The van der Waals surface area contributed by atoms with Crippen molar-refractivity contribution < 1.29 is 53.3 Å². The Morgan fingerprint density at radius 1 is 0.717 bits per heavy atom. The predicted octanol–water partition coefficient (Wildman–Crippen LogP) is 4.25. The number of azide groups is 1. The lowest BCUT2D eigenvalue weighted by molar-refractivity contribution is 0.0480. The first-order chi connectivity index (χ1) is 20.7. The summed E-state index contributed by atoms with van der Waals surface area (Å²) >= 11 is 8.46. The number of aliphatic hydroxyl groups is 3. The van der Waals surface area contributed by atoms with Crippen LogP contribution in [0.2, 0.25) is 0 Å². The summed E-state index contributed by atoms with van der Waals surface area (Å²) in [7, 11) is 0. The van der Waals surface area contributed by atoms with Crippen LogP contribution in [0.1, 0.15) is 56.4 Å². The number of hydrogen-bond acceptors (Lipinski definition) is 12. The van der Waals surface area contributed by atoms with Crippen LogP contribution in [0.4, 0.5) is 9.59 Å². The first-order valence-electron chi connectivity index (χ1n) is 13.9. The molecule has 0 saturated heterocycles. The van der Waals surface area contributed by atoms with Crippen LogP contribution in [0, 0.1) is 0 Å². The van der Waals surface area contributed by atoms with Crippen LogP contribution in [0.15, 0.2) is 5.11 Å². The van der Waals surface area contributed by atoms with Gasteiger partial charge in [0.15, 0.2) is 0 Å². The lowest BCUT2D eigenvalue weighted by Gasteiger charge is -2.19. The van der Waals surface area contributed by atoms with Crippen molar-refractivity contribution >= 4 is 39.7 Å². The van der Waals surface area contributed by atoms with Crippen molar-refractivity contribution in [2.24, 2.45) is 5.11 Å². The van der Waals surface area contributed by atoms with Crippen molar-refractivity contribution in [2.45, 2.75) is 67.6 Å². The molecule has 0 aliphatic heterocycles. The Bertz CT molecular complexity index is 641. The summed E-state index contributed by atoms with van der Waals surface area (Å²) in [5.74, 6) is 0.500. The molecule has 0 aromatic heterocycles. The standard InChI is InChI=1S/C9H18BrNO3.C9H19NO4.C4H9ClO2.C4H9N3O2.2CH4/c1-9(2,3)14-8(12)11-5-7-13-6-4-10;1-9(2,3)14-8(12)10-4-6-13-7-5-11;5-1-3-7-4-2-6;5-7-6-1-3-9-4-2-8;;/h4-7H2,1-3H3,(H,11,12);11H,4-7H2,1-3H3,(H,10,12);6H,1-4H2;8H,1-4H2;2*1H4. The fourth-order valence-electron chi connectivity index (χ4n) is 1.94. The average Bonchev–Trinajstić information content (AvgIpc) is 2.92. The molecule has 0 aliphatic carbocycles. The number of nitrogens with one attached hydrogen (secondary N) is 2. The van der Waals surface area contributed by atoms with Crippen LogP contribution >= 0.6 is 27.5 Å². The smallest absolute Gasteiger partial charge is 0.407 e. The van der Waals surface area contributed by atoms with Gasteiger partial charge in [0, 0.05) is 35.8 Å². The molecule has 0 saturated carbocycles. The van der Waals surface area contributed by atoms with Crippen LogP contribution in [-0.4, -0.2) is 142 Å². The number of aliphatic hydroxyl groups excluding tert-OH is 3. The highest BCUT2D eigenvalue weighted by Crippen LogP contribution is 2.06. The molecule has 0 fully saturated rings. The Labute approximate surface area is 289 Å². The van der Waals surface area contributed by atoms with E-state index in [4.69, 9.17) is 60.9 Å². The minimum atomic E-state index is -0.476. The molecule has 0 rings (SSSR count). The van der Waals surface area contributed by atoms with E-state index in [9.17, 15) is 9.59 Å². The molecular formula is C28H63BrClN5O11. The largest absolute Gasteiger partial charge is 0.444 e. The number of ether oxygens (including phenoxy) is 6. The second-order valence-corrected chi connectivity index (χ2v) is 11.0. The molecule has 0 bridgehead atoms. The van der Waals surface area contributed by atoms with Crippen LogP contribution in [-0.2, 0) is 28.4 Å². The molecule has 18 heteroatoms. The molecule has 280 valence electrons. The van der Waals surface area contributed by atoms with Crippen molar-refractivity contribution in [3.05, 3.63) is 10.4 Å². The van der Waals surface area contributed by atoms with Crippen LogP contribution in [0.25, 0.3) is 10.4 Å². The topological polar surface area (TPSA) is 223 Å². The highest BCUT2D eigenvalue weighted by molar-refractivity contribution is 9.09. The van der Waals surface area contributed by atoms with Gasteiger partial charge >= 0.3 is 12.2 Å². The van der Waals surface area contributed by atoms with Gasteiger partial charge in [-0.3, -0.25) is 0 Å². The normalized spacial score (nSPS) is 9.89. The van der Waals surface area contributed by atoms with Gasteiger partial charge in [0.25, 0.3) is 0 Å². The summed E-state index contributed by atoms with van der Waals surface area (Å²) in [5, 5.41) is 33.9. The van der Waals surface area contributed by atoms with E-state index in [0.717, 1.165) is 5.33 Å². The molecule has 0 atom stereocenters. The Morgan fingerprint density at radius 3 is 1.41 bits per heavy atom. The van der Waals surface area contributed by atoms with E-state index in [1.165, 1.54) is 0 Å². The summed E-state index contributed by atoms with van der Waals surface area (Å²) in [6.45, 7) is 15.6. The Balaban J connectivity index is -0.000000118. The molecule has 0 aliphatic rings. The maximum absolute atomic E-state index is 11.1. The maximum atomic E-state index is 11.1. The SMILES string of the molecule is C.C.CC(C)(C)OC(=O)NCCOCCBr.CC(C)(C)OC(=O)NCCOCCO.OCCOCCCl.[N-]=[N+]=NCCOCCO. The van der Waals surface area contributed by atoms with E-state index < -0.39 is 23.4 Å². The zero-order chi connectivity index (χ0) is 34.5. The van der Waals surface area contributed by atoms with Gasteiger partial charge in [0.1, 0.15) is 11.2 Å². The summed E-state index contributed by atoms with van der Waals surface area (Å²) in [6.07, 6.45) is -0.856. The van der Waals surface area contributed by atoms with E-state index in [1.54, 1.807) is 20.8 Å². The van der Waals surface area contributed by atoms with Gasteiger partial charge in [-0.15, -0.1) is 11.6 Å². The quantitative estimate of drug-likeness (QED) is 0.0412. The molecule has 0 spiro atoms. The number of carbonyl (C=O) groups is 2. The van der Waals surface area contributed by atoms with Crippen molar-refractivity contribution in [3.8, 4) is 0 Å². The average molecular weight is 761 g/mol. The second-order valence-electron chi connectivity index (χ2n) is 9.81. The number of alkyl halides is 2. The molecule has 0 aromatic carbocycles. The molecule has 16 nitrogen and oxygen atoms in total. The zero-order valence-corrected chi connectivity index (χ0v) is 29.4. The number of rotatable bonds is 19. The molecule has 2 amide bonds. The number of amides is 2. The summed E-state index contributed by atoms with van der Waals surface area (Å²) in [5.41, 5.74) is 6.86. The summed E-state index contributed by atoms with van der Waals surface area (Å²) in [4.78, 5) is 24.7. The van der Waals surface area contributed by atoms with E-state index in [-0.39, 0.29) is 41.3 Å². The highest BCUT2D eigenvalue weighted by Gasteiger charge is 2.16. The highest BCUT2D eigenvalue weighted by atomic mass is 79.9. The van der Waals surface area contributed by atoms with E-state index in [2.05, 4.69) is 36.6 Å². The minimum absolute atomic E-state index is 0. The van der Waals surface area contributed by atoms with Crippen molar-refractivity contribution in [3.63, 3.8) is 0 Å². The lowest BCUT2D eigenvalue weighted by Crippen LogP contribution is -2.34. The van der Waals surface area contributed by atoms with Gasteiger partial charge in [0.2, 0.25) is 0 Å². The first kappa shape index (κ1) is 56.7. The molecule has 5 N–H and O–H groups in total. The van der Waals surface area contributed by atoms with E-state index in [0.29, 0.717) is 71.8 Å². The van der Waals surface area contributed by atoms with Crippen molar-refractivity contribution in [2.75, 3.05) is 104 Å². The third-order valence-electron chi connectivity index (χ3n) is 3.38. The number of halogens is 2. The van der Waals surface area contributed by atoms with Gasteiger partial charge in [-0.25, -0.2) is 9.59 Å². The Morgan fingerprint density at radius 2 is 1.09 bits per heavy atom. The summed E-state index contributed by atoms with van der Waals surface area (Å²) < 4.78 is 29.6. The Hall–Kier alpha value is -1.66. The number of carbonyl (C=O) groups excluding carboxylic acids is 2. The third kappa shape index (κ3) is 69.2. The number of alkyl carbamates (subject to hydrolysis) is 2. The zero-order valence-electron chi connectivity index (χ0n) is 27.0. The van der Waals surface area contributed by atoms with Crippen LogP contribution in [0.5, 0.6) is 0 Å². The molecule has 0 heterocycles. The maximum Gasteiger partial charge on any atom is 0.407 e. The number of hydrogen-bond donors (Lipinski definition) is 5. The fourth-order valence-corrected chi connectivity index (χ4v) is 2.28. The van der Waals surface area contributed by atoms with Gasteiger partial charge in [-0.2, -0.15) is 0 Å². The lowest BCUT2D eigenvalue weighted by atomic mass is 10.2. The van der Waals surface area contributed by atoms with E-state index >= 15 is 0 Å². The van der Waals surface area contributed by atoms with Crippen LogP contribution < -0.4 is 10.6 Å². The van der Waals surface area contributed by atoms with Crippen molar-refractivity contribution in [1.82, 2.24) is 10.6 Å². The number of nitrogens with zero attached hydrogens (tertiary/aromatic N) is 3. The molecule has 0 radical (unpaired) electrons. The van der Waals surface area contributed by atoms with Gasteiger partial charge in [0.05, 0.1) is 72.7 Å². The Kier molecular flexibility index (Phi) is 53.4. The monoisotopic (exact) mass is 759 g/mol. The third-order valence-corrected chi connectivity index (χ3v) is 3.86. The molecule has 0 aromatic rings. The summed E-state index contributed by atoms with van der Waals surface area (Å²) in [6, 6.07) is 0. The molecule has 0 unspecified atom stereocenters. The molecular weight excluding hydrogens is 698 g/mol.